The van der Waals surface area contributed by atoms with Gasteiger partial charge >= 0.3 is 0 Å². The summed E-state index contributed by atoms with van der Waals surface area (Å²) in [7, 11) is -3.46. The number of hydrogen-bond acceptors (Lipinski definition) is 3. The molecule has 0 aliphatic carbocycles. The average molecular weight is 312 g/mol. The van der Waals surface area contributed by atoms with E-state index >= 15 is 0 Å². The van der Waals surface area contributed by atoms with Crippen LogP contribution in [0.1, 0.15) is 57.6 Å². The summed E-state index contributed by atoms with van der Waals surface area (Å²) in [6.45, 7) is 6.45. The van der Waals surface area contributed by atoms with E-state index in [2.05, 4.69) is 11.6 Å². The van der Waals surface area contributed by atoms with Crippen LogP contribution in [0.2, 0.25) is 0 Å². The van der Waals surface area contributed by atoms with Crippen molar-refractivity contribution in [3.63, 3.8) is 0 Å². The highest BCUT2D eigenvalue weighted by Gasteiger charge is 2.18. The Morgan fingerprint density at radius 3 is 2.48 bits per heavy atom. The minimum atomic E-state index is -3.46. The van der Waals surface area contributed by atoms with Crippen molar-refractivity contribution < 1.29 is 8.42 Å². The molecule has 1 unspecified atom stereocenters. The summed E-state index contributed by atoms with van der Waals surface area (Å²) in [5.74, 6) is 0. The summed E-state index contributed by atoms with van der Waals surface area (Å²) in [6.07, 6.45) is 5.03. The first-order chi connectivity index (χ1) is 9.94. The summed E-state index contributed by atoms with van der Waals surface area (Å²) < 4.78 is 27.5. The lowest BCUT2D eigenvalue weighted by Gasteiger charge is -2.15. The van der Waals surface area contributed by atoms with E-state index in [9.17, 15) is 8.42 Å². The number of aryl methyl sites for hydroxylation is 1. The van der Waals surface area contributed by atoms with Gasteiger partial charge in [-0.25, -0.2) is 13.1 Å². The second-order valence-electron chi connectivity index (χ2n) is 5.51. The Balaban J connectivity index is 2.82. The highest BCUT2D eigenvalue weighted by atomic mass is 32.2. The third kappa shape index (κ3) is 5.41. The van der Waals surface area contributed by atoms with E-state index in [0.29, 0.717) is 11.4 Å². The van der Waals surface area contributed by atoms with Crippen LogP contribution in [0.5, 0.6) is 0 Å². The Morgan fingerprint density at radius 2 is 1.90 bits per heavy atom. The molecule has 0 heterocycles. The van der Waals surface area contributed by atoms with Crippen LogP contribution in [0, 0.1) is 0 Å². The van der Waals surface area contributed by atoms with Gasteiger partial charge in [-0.2, -0.15) is 0 Å². The highest BCUT2D eigenvalue weighted by molar-refractivity contribution is 7.89. The van der Waals surface area contributed by atoms with Crippen LogP contribution in [0.15, 0.2) is 23.1 Å². The quantitative estimate of drug-likeness (QED) is 0.689. The van der Waals surface area contributed by atoms with Crippen LogP contribution in [0.4, 0.5) is 0 Å². The molecule has 5 heteroatoms. The fourth-order valence-corrected chi connectivity index (χ4v) is 3.72. The van der Waals surface area contributed by atoms with Gasteiger partial charge in [0.05, 0.1) is 4.90 Å². The molecule has 1 rings (SSSR count). The maximum Gasteiger partial charge on any atom is 0.240 e. The van der Waals surface area contributed by atoms with E-state index in [1.54, 1.807) is 12.1 Å². The molecule has 1 aromatic carbocycles. The fraction of sp³-hybridized carbons (Fsp3) is 0.625. The van der Waals surface area contributed by atoms with Crippen molar-refractivity contribution in [3.8, 4) is 0 Å². The van der Waals surface area contributed by atoms with Crippen molar-refractivity contribution in [1.82, 2.24) is 4.72 Å². The van der Waals surface area contributed by atoms with Gasteiger partial charge in [-0.3, -0.25) is 0 Å². The van der Waals surface area contributed by atoms with Crippen LogP contribution >= 0.6 is 0 Å². The molecule has 4 nitrogen and oxygen atoms in total. The molecule has 0 spiro atoms. The SMILES string of the molecule is CCCCCC(C)NS(=O)(=O)c1ccc(CC)c(CN)c1. The zero-order valence-corrected chi connectivity index (χ0v) is 14.2. The maximum absolute atomic E-state index is 12.4. The van der Waals surface area contributed by atoms with Gasteiger partial charge in [-0.05, 0) is 43.0 Å². The van der Waals surface area contributed by atoms with Crippen molar-refractivity contribution in [2.75, 3.05) is 0 Å². The lowest BCUT2D eigenvalue weighted by atomic mass is 10.1. The van der Waals surface area contributed by atoms with Gasteiger partial charge in [-0.15, -0.1) is 0 Å². The number of benzene rings is 1. The molecule has 0 bridgehead atoms. The van der Waals surface area contributed by atoms with Crippen LogP contribution in [0.3, 0.4) is 0 Å². The largest absolute Gasteiger partial charge is 0.326 e. The Labute approximate surface area is 129 Å². The van der Waals surface area contributed by atoms with Crippen LogP contribution in [-0.4, -0.2) is 14.5 Å². The third-order valence-electron chi connectivity index (χ3n) is 3.69. The number of rotatable bonds is 9. The van der Waals surface area contributed by atoms with E-state index in [0.717, 1.165) is 43.2 Å². The standard InChI is InChI=1S/C16H28N2O2S/c1-4-6-7-8-13(3)18-21(19,20)16-10-9-14(5-2)15(11-16)12-17/h9-11,13,18H,4-8,12,17H2,1-3H3. The van der Waals surface area contributed by atoms with Gasteiger partial charge in [0.1, 0.15) is 0 Å². The number of unbranched alkanes of at least 4 members (excludes halogenated alkanes) is 2. The fourth-order valence-electron chi connectivity index (χ4n) is 2.40. The van der Waals surface area contributed by atoms with Gasteiger partial charge < -0.3 is 5.73 Å². The molecule has 21 heavy (non-hydrogen) atoms. The summed E-state index contributed by atoms with van der Waals surface area (Å²) in [5.41, 5.74) is 7.71. The Kier molecular flexibility index (Phi) is 7.35. The molecular formula is C16H28N2O2S. The number of nitrogens with two attached hydrogens (primary N) is 1. The third-order valence-corrected chi connectivity index (χ3v) is 5.27. The molecule has 0 aliphatic heterocycles. The monoisotopic (exact) mass is 312 g/mol. The first-order valence-corrected chi connectivity index (χ1v) is 9.27. The molecule has 0 amide bonds. The van der Waals surface area contributed by atoms with E-state index in [1.807, 2.05) is 19.9 Å². The molecule has 1 atom stereocenters. The predicted molar refractivity (Wildman–Crippen MR) is 87.6 cm³/mol. The molecule has 0 aliphatic rings. The summed E-state index contributed by atoms with van der Waals surface area (Å²) in [4.78, 5) is 0.308. The first kappa shape index (κ1) is 18.1. The molecule has 3 N–H and O–H groups in total. The van der Waals surface area contributed by atoms with E-state index in [-0.39, 0.29) is 6.04 Å². The first-order valence-electron chi connectivity index (χ1n) is 7.78. The van der Waals surface area contributed by atoms with Crippen LogP contribution in [0.25, 0.3) is 0 Å². The molecule has 0 aromatic heterocycles. The normalized spacial score (nSPS) is 13.3. The number of hydrogen-bond donors (Lipinski definition) is 2. The van der Waals surface area contributed by atoms with E-state index in [4.69, 9.17) is 5.73 Å². The van der Waals surface area contributed by atoms with Gasteiger partial charge in [0.2, 0.25) is 10.0 Å². The molecule has 1 aromatic rings. The Bertz CT molecular complexity index is 541. The van der Waals surface area contributed by atoms with E-state index < -0.39 is 10.0 Å². The van der Waals surface area contributed by atoms with Gasteiger partial charge in [0.15, 0.2) is 0 Å². The zero-order chi connectivity index (χ0) is 15.9. The van der Waals surface area contributed by atoms with Crippen LogP contribution in [-0.2, 0) is 23.0 Å². The minimum absolute atomic E-state index is 0.0475. The second-order valence-corrected chi connectivity index (χ2v) is 7.22. The van der Waals surface area contributed by atoms with Gasteiger partial charge in [0.25, 0.3) is 0 Å². The van der Waals surface area contributed by atoms with Crippen molar-refractivity contribution in [2.45, 2.75) is 70.4 Å². The predicted octanol–water partition coefficient (Wildman–Crippen LogP) is 2.95. The number of sulfonamides is 1. The Morgan fingerprint density at radius 1 is 1.19 bits per heavy atom. The zero-order valence-electron chi connectivity index (χ0n) is 13.4. The Hall–Kier alpha value is -0.910. The summed E-state index contributed by atoms with van der Waals surface area (Å²) >= 11 is 0. The van der Waals surface area contributed by atoms with Gasteiger partial charge in [0, 0.05) is 12.6 Å². The maximum atomic E-state index is 12.4. The molecule has 0 fully saturated rings. The second kappa shape index (κ2) is 8.51. The average Bonchev–Trinajstić information content (AvgIpc) is 2.46. The van der Waals surface area contributed by atoms with Crippen molar-refractivity contribution in [1.29, 1.82) is 0 Å². The van der Waals surface area contributed by atoms with Crippen molar-refractivity contribution in [2.24, 2.45) is 5.73 Å². The van der Waals surface area contributed by atoms with Crippen molar-refractivity contribution >= 4 is 10.0 Å². The lowest BCUT2D eigenvalue weighted by molar-refractivity contribution is 0.527. The molecular weight excluding hydrogens is 284 g/mol. The molecule has 0 radical (unpaired) electrons. The molecule has 120 valence electrons. The molecule has 0 saturated heterocycles. The van der Waals surface area contributed by atoms with E-state index in [1.165, 1.54) is 0 Å². The molecule has 0 saturated carbocycles. The van der Waals surface area contributed by atoms with Crippen molar-refractivity contribution in [3.05, 3.63) is 29.3 Å². The number of nitrogens with one attached hydrogen (secondary N) is 1. The topological polar surface area (TPSA) is 72.2 Å². The summed E-state index contributed by atoms with van der Waals surface area (Å²) in [6, 6.07) is 5.17. The lowest BCUT2D eigenvalue weighted by Crippen LogP contribution is -2.32. The van der Waals surface area contributed by atoms with Gasteiger partial charge in [-0.1, -0.05) is 39.2 Å². The smallest absolute Gasteiger partial charge is 0.240 e. The highest BCUT2D eigenvalue weighted by Crippen LogP contribution is 2.17. The minimum Gasteiger partial charge on any atom is -0.326 e. The summed E-state index contributed by atoms with van der Waals surface area (Å²) in [5, 5.41) is 0. The van der Waals surface area contributed by atoms with Crippen LogP contribution < -0.4 is 10.5 Å².